The van der Waals surface area contributed by atoms with Crippen LogP contribution in [0.25, 0.3) is 0 Å². The molecule has 1 amide bonds. The molecule has 0 atom stereocenters. The molecule has 0 heterocycles. The molecule has 0 fully saturated rings. The van der Waals surface area contributed by atoms with Crippen molar-refractivity contribution in [2.24, 2.45) is 0 Å². The van der Waals surface area contributed by atoms with Crippen LogP contribution in [0.15, 0.2) is 24.3 Å². The summed E-state index contributed by atoms with van der Waals surface area (Å²) in [5, 5.41) is 0. The van der Waals surface area contributed by atoms with Gasteiger partial charge >= 0.3 is 11.9 Å². The fraction of sp³-hybridized carbons (Fsp3) is 0.841. The summed E-state index contributed by atoms with van der Waals surface area (Å²) in [6, 6.07) is 0. The van der Waals surface area contributed by atoms with Crippen molar-refractivity contribution in [1.82, 2.24) is 9.80 Å². The number of ether oxygens (including phenoxy) is 2. The lowest BCUT2D eigenvalue weighted by atomic mass is 10.1. The zero-order chi connectivity index (χ0) is 37.5. The second-order valence-electron chi connectivity index (χ2n) is 14.8. The van der Waals surface area contributed by atoms with Gasteiger partial charge in [0.15, 0.2) is 13.5 Å². The number of carbonyl (C=O) groups is 3. The van der Waals surface area contributed by atoms with Crippen LogP contribution in [0.4, 0.5) is 0 Å². The number of hydrogen-bond acceptors (Lipinski definition) is 6. The van der Waals surface area contributed by atoms with Gasteiger partial charge in [0.1, 0.15) is 0 Å². The first-order chi connectivity index (χ1) is 24.9. The van der Waals surface area contributed by atoms with Gasteiger partial charge in [0.05, 0.1) is 0 Å². The van der Waals surface area contributed by atoms with Crippen LogP contribution >= 0.6 is 0 Å². The van der Waals surface area contributed by atoms with E-state index in [0.29, 0.717) is 25.7 Å². The van der Waals surface area contributed by atoms with E-state index in [4.69, 9.17) is 9.47 Å². The molecule has 0 radical (unpaired) electrons. The molecule has 0 aromatic rings. The van der Waals surface area contributed by atoms with Crippen LogP contribution in [-0.2, 0) is 23.9 Å². The topological polar surface area (TPSA) is 76.1 Å². The van der Waals surface area contributed by atoms with Gasteiger partial charge in [-0.2, -0.15) is 0 Å². The Morgan fingerprint density at radius 2 is 0.765 bits per heavy atom. The average Bonchev–Trinajstić information content (AvgIpc) is 3.11. The van der Waals surface area contributed by atoms with Crippen LogP contribution in [0.1, 0.15) is 206 Å². The van der Waals surface area contributed by atoms with Crippen molar-refractivity contribution in [1.29, 1.82) is 0 Å². The molecule has 0 rings (SSSR count). The number of carbonyl (C=O) groups excluding carboxylic acids is 3. The Labute approximate surface area is 315 Å². The van der Waals surface area contributed by atoms with E-state index in [0.717, 1.165) is 57.9 Å². The van der Waals surface area contributed by atoms with Crippen LogP contribution in [-0.4, -0.2) is 61.7 Å². The molecular weight excluding hydrogens is 636 g/mol. The maximum Gasteiger partial charge on any atom is 0.307 e. The minimum absolute atomic E-state index is 0.167. The molecule has 298 valence electrons. The van der Waals surface area contributed by atoms with Crippen molar-refractivity contribution in [3.8, 4) is 0 Å². The SMILES string of the molecule is CCCCCCCC/C=C\CCCCCCCC(=O)OCN(COC(=O)CCCCCCC/C=C\CCCCCCCC)C(=O)CCCN(C)C. The van der Waals surface area contributed by atoms with Gasteiger partial charge < -0.3 is 14.4 Å². The van der Waals surface area contributed by atoms with E-state index in [1.807, 2.05) is 19.0 Å². The minimum Gasteiger partial charge on any atom is -0.444 e. The minimum atomic E-state index is -0.307. The Kier molecular flexibility index (Phi) is 37.4. The van der Waals surface area contributed by atoms with Crippen molar-refractivity contribution in [3.63, 3.8) is 0 Å². The van der Waals surface area contributed by atoms with Crippen LogP contribution in [0.5, 0.6) is 0 Å². The third-order valence-electron chi connectivity index (χ3n) is 9.40. The van der Waals surface area contributed by atoms with E-state index in [9.17, 15) is 14.4 Å². The summed E-state index contributed by atoms with van der Waals surface area (Å²) in [6.07, 6.45) is 42.4. The lowest BCUT2D eigenvalue weighted by Crippen LogP contribution is -2.37. The highest BCUT2D eigenvalue weighted by Gasteiger charge is 2.17. The number of allylic oxidation sites excluding steroid dienone is 4. The lowest BCUT2D eigenvalue weighted by Gasteiger charge is -2.22. The summed E-state index contributed by atoms with van der Waals surface area (Å²) >= 11 is 0. The fourth-order valence-corrected chi connectivity index (χ4v) is 6.01. The number of nitrogens with zero attached hydrogens (tertiary/aromatic N) is 2. The second kappa shape index (κ2) is 39.1. The molecule has 0 unspecified atom stereocenters. The smallest absolute Gasteiger partial charge is 0.307 e. The van der Waals surface area contributed by atoms with Crippen LogP contribution < -0.4 is 0 Å². The van der Waals surface area contributed by atoms with Gasteiger partial charge in [-0.25, -0.2) is 0 Å². The van der Waals surface area contributed by atoms with E-state index in [-0.39, 0.29) is 31.3 Å². The van der Waals surface area contributed by atoms with E-state index < -0.39 is 0 Å². The summed E-state index contributed by atoms with van der Waals surface area (Å²) < 4.78 is 10.9. The third-order valence-corrected chi connectivity index (χ3v) is 9.40. The van der Waals surface area contributed by atoms with E-state index in [1.54, 1.807) is 0 Å². The molecule has 0 N–H and O–H groups in total. The molecular formula is C44H82N2O5. The zero-order valence-corrected chi connectivity index (χ0v) is 34.1. The first-order valence-electron chi connectivity index (χ1n) is 21.4. The Balaban J connectivity index is 4.10. The number of unbranched alkanes of at least 4 members (excludes halogenated alkanes) is 22. The monoisotopic (exact) mass is 719 g/mol. The highest BCUT2D eigenvalue weighted by atomic mass is 16.6. The molecule has 51 heavy (non-hydrogen) atoms. The van der Waals surface area contributed by atoms with Crippen LogP contribution in [0.2, 0.25) is 0 Å². The summed E-state index contributed by atoms with van der Waals surface area (Å²) in [7, 11) is 3.94. The Morgan fingerprint density at radius 3 is 1.12 bits per heavy atom. The lowest BCUT2D eigenvalue weighted by molar-refractivity contribution is -0.163. The van der Waals surface area contributed by atoms with Gasteiger partial charge in [-0.1, -0.05) is 141 Å². The first kappa shape index (κ1) is 48.9. The second-order valence-corrected chi connectivity index (χ2v) is 14.8. The normalized spacial score (nSPS) is 11.6. The number of rotatable bonds is 38. The molecule has 0 aliphatic rings. The largest absolute Gasteiger partial charge is 0.444 e. The highest BCUT2D eigenvalue weighted by molar-refractivity contribution is 5.77. The molecule has 0 spiro atoms. The summed E-state index contributed by atoms with van der Waals surface area (Å²) in [5.41, 5.74) is 0. The summed E-state index contributed by atoms with van der Waals surface area (Å²) in [6.45, 7) is 4.95. The predicted octanol–water partition coefficient (Wildman–Crippen LogP) is 12.2. The van der Waals surface area contributed by atoms with Crippen molar-refractivity contribution < 1.29 is 23.9 Å². The Hall–Kier alpha value is -2.15. The van der Waals surface area contributed by atoms with Crippen molar-refractivity contribution in [3.05, 3.63) is 24.3 Å². The highest BCUT2D eigenvalue weighted by Crippen LogP contribution is 2.13. The van der Waals surface area contributed by atoms with Gasteiger partial charge in [-0.15, -0.1) is 0 Å². The van der Waals surface area contributed by atoms with E-state index in [1.165, 1.54) is 120 Å². The maximum absolute atomic E-state index is 12.9. The molecule has 0 aliphatic carbocycles. The molecule has 7 heteroatoms. The number of esters is 2. The van der Waals surface area contributed by atoms with Gasteiger partial charge in [-0.3, -0.25) is 19.3 Å². The molecule has 0 saturated heterocycles. The quantitative estimate of drug-likeness (QED) is 0.0274. The van der Waals surface area contributed by atoms with Crippen molar-refractivity contribution >= 4 is 17.8 Å². The molecule has 0 aromatic carbocycles. The van der Waals surface area contributed by atoms with E-state index >= 15 is 0 Å². The number of hydrogen-bond donors (Lipinski definition) is 0. The van der Waals surface area contributed by atoms with Crippen molar-refractivity contribution in [2.45, 2.75) is 206 Å². The van der Waals surface area contributed by atoms with Gasteiger partial charge in [0.2, 0.25) is 5.91 Å². The maximum atomic E-state index is 12.9. The summed E-state index contributed by atoms with van der Waals surface area (Å²) in [5.74, 6) is -0.781. The van der Waals surface area contributed by atoms with Gasteiger partial charge in [0.25, 0.3) is 0 Å². The third kappa shape index (κ3) is 37.4. The zero-order valence-electron chi connectivity index (χ0n) is 34.1. The van der Waals surface area contributed by atoms with Crippen LogP contribution in [0, 0.1) is 0 Å². The predicted molar refractivity (Wildman–Crippen MR) is 215 cm³/mol. The number of amides is 1. The summed E-state index contributed by atoms with van der Waals surface area (Å²) in [4.78, 5) is 41.1. The first-order valence-corrected chi connectivity index (χ1v) is 21.4. The average molecular weight is 719 g/mol. The molecule has 0 saturated carbocycles. The molecule has 7 nitrogen and oxygen atoms in total. The van der Waals surface area contributed by atoms with E-state index in [2.05, 4.69) is 38.2 Å². The fourth-order valence-electron chi connectivity index (χ4n) is 6.01. The van der Waals surface area contributed by atoms with Crippen molar-refractivity contribution in [2.75, 3.05) is 34.1 Å². The Bertz CT molecular complexity index is 800. The van der Waals surface area contributed by atoms with Gasteiger partial charge in [-0.05, 0) is 91.3 Å². The van der Waals surface area contributed by atoms with Crippen LogP contribution in [0.3, 0.4) is 0 Å². The molecule has 0 aromatic heterocycles. The Morgan fingerprint density at radius 1 is 0.431 bits per heavy atom. The standard InChI is InChI=1S/C44H82N2O5/c1-5-7-9-11-13-15-17-19-21-23-25-27-29-31-33-37-43(48)50-40-46(42(47)36-35-39-45(3)4)41-51-44(49)38-34-32-30-28-26-24-22-20-18-16-14-12-10-8-6-2/h19-22H,5-18,23-41H2,1-4H3/b21-19-,22-20-. The molecule has 0 bridgehead atoms. The van der Waals surface area contributed by atoms with Gasteiger partial charge in [0, 0.05) is 19.3 Å². The molecule has 0 aliphatic heterocycles.